The normalized spacial score (nSPS) is 18.6. The van der Waals surface area contributed by atoms with Crippen LogP contribution in [0.2, 0.25) is 0 Å². The zero-order valence-electron chi connectivity index (χ0n) is 13.0. The molecule has 2 rings (SSSR count). The van der Waals surface area contributed by atoms with Crippen LogP contribution in [0.5, 0.6) is 0 Å². The maximum Gasteiger partial charge on any atom is 0.410 e. The number of nitrogens with zero attached hydrogens (tertiary/aromatic N) is 2. The van der Waals surface area contributed by atoms with E-state index in [0.717, 1.165) is 27.6 Å². The van der Waals surface area contributed by atoms with E-state index in [1.54, 1.807) is 11.1 Å². The van der Waals surface area contributed by atoms with Crippen molar-refractivity contribution in [3.05, 3.63) is 26.9 Å². The van der Waals surface area contributed by atoms with E-state index in [0.29, 0.717) is 13.1 Å². The first-order valence-corrected chi connectivity index (χ1v) is 8.84. The third kappa shape index (κ3) is 5.21. The van der Waals surface area contributed by atoms with Crippen LogP contribution in [-0.2, 0) is 11.3 Å². The van der Waals surface area contributed by atoms with Crippen molar-refractivity contribution in [1.29, 1.82) is 0 Å². The van der Waals surface area contributed by atoms with Gasteiger partial charge in [0, 0.05) is 40.8 Å². The van der Waals surface area contributed by atoms with Gasteiger partial charge in [-0.05, 0) is 65.1 Å². The zero-order chi connectivity index (χ0) is 16.3. The molecule has 122 valence electrons. The molecular weight excluding hydrogens is 414 g/mol. The Morgan fingerprint density at radius 2 is 2.23 bits per heavy atom. The summed E-state index contributed by atoms with van der Waals surface area (Å²) in [5, 5.41) is 3.45. The molecule has 0 aromatic carbocycles. The van der Waals surface area contributed by atoms with Crippen LogP contribution in [-0.4, -0.2) is 40.7 Å². The highest BCUT2D eigenvalue weighted by molar-refractivity contribution is 9.11. The monoisotopic (exact) mass is 433 g/mol. The third-order valence-corrected chi connectivity index (χ3v) is 4.40. The van der Waals surface area contributed by atoms with Crippen LogP contribution in [0.25, 0.3) is 0 Å². The van der Waals surface area contributed by atoms with Crippen LogP contribution >= 0.6 is 31.9 Å². The number of nitrogens with one attached hydrogen (secondary N) is 1. The lowest BCUT2D eigenvalue weighted by molar-refractivity contribution is 0.0291. The van der Waals surface area contributed by atoms with Crippen LogP contribution < -0.4 is 5.32 Å². The standard InChI is InChI=1S/C15H21Br2N3O2/c1-15(2,3)22-14(21)20-5-4-11(9-20)18-8-13-12(17)6-10(16)7-19-13/h6-7,11,18H,4-5,8-9H2,1-3H3. The molecule has 22 heavy (non-hydrogen) atoms. The maximum absolute atomic E-state index is 12.0. The molecule has 1 fully saturated rings. The highest BCUT2D eigenvalue weighted by Crippen LogP contribution is 2.20. The number of rotatable bonds is 3. The molecule has 7 heteroatoms. The lowest BCUT2D eigenvalue weighted by atomic mass is 10.2. The number of carbonyl (C=O) groups is 1. The smallest absolute Gasteiger partial charge is 0.410 e. The summed E-state index contributed by atoms with van der Waals surface area (Å²) >= 11 is 6.90. The highest BCUT2D eigenvalue weighted by Gasteiger charge is 2.29. The summed E-state index contributed by atoms with van der Waals surface area (Å²) in [6.45, 7) is 7.71. The number of amides is 1. The van der Waals surface area contributed by atoms with Gasteiger partial charge >= 0.3 is 6.09 Å². The van der Waals surface area contributed by atoms with E-state index in [9.17, 15) is 4.79 Å². The Morgan fingerprint density at radius 3 is 2.86 bits per heavy atom. The topological polar surface area (TPSA) is 54.5 Å². The summed E-state index contributed by atoms with van der Waals surface area (Å²) in [4.78, 5) is 18.2. The van der Waals surface area contributed by atoms with Crippen molar-refractivity contribution in [1.82, 2.24) is 15.2 Å². The van der Waals surface area contributed by atoms with Gasteiger partial charge in [0.25, 0.3) is 0 Å². The molecule has 1 saturated heterocycles. The summed E-state index contributed by atoms with van der Waals surface area (Å²) in [6, 6.07) is 2.25. The number of likely N-dealkylation sites (tertiary alicyclic amines) is 1. The van der Waals surface area contributed by atoms with Crippen LogP contribution in [0.15, 0.2) is 21.2 Å². The van der Waals surface area contributed by atoms with Gasteiger partial charge in [-0.3, -0.25) is 4.98 Å². The SMILES string of the molecule is CC(C)(C)OC(=O)N1CCC(NCc2ncc(Br)cc2Br)C1. The lowest BCUT2D eigenvalue weighted by Gasteiger charge is -2.24. The molecule has 1 amide bonds. The quantitative estimate of drug-likeness (QED) is 0.787. The molecule has 1 aliphatic rings. The second-order valence-corrected chi connectivity index (χ2v) is 8.14. The van der Waals surface area contributed by atoms with Crippen molar-refractivity contribution in [3.63, 3.8) is 0 Å². The largest absolute Gasteiger partial charge is 0.444 e. The fourth-order valence-corrected chi connectivity index (χ4v) is 3.36. The molecule has 1 aromatic rings. The lowest BCUT2D eigenvalue weighted by Crippen LogP contribution is -2.38. The van der Waals surface area contributed by atoms with Gasteiger partial charge in [0.2, 0.25) is 0 Å². The van der Waals surface area contributed by atoms with E-state index >= 15 is 0 Å². The van der Waals surface area contributed by atoms with Gasteiger partial charge in [-0.15, -0.1) is 0 Å². The highest BCUT2D eigenvalue weighted by atomic mass is 79.9. The molecule has 5 nitrogen and oxygen atoms in total. The van der Waals surface area contributed by atoms with Gasteiger partial charge in [0.05, 0.1) is 5.69 Å². The number of pyridine rings is 1. The second kappa shape index (κ2) is 7.27. The molecular formula is C15H21Br2N3O2. The minimum atomic E-state index is -0.450. The number of hydrogen-bond donors (Lipinski definition) is 1. The second-order valence-electron chi connectivity index (χ2n) is 6.37. The molecule has 0 spiro atoms. The Kier molecular flexibility index (Phi) is 5.85. The summed E-state index contributed by atoms with van der Waals surface area (Å²) in [5.41, 5.74) is 0.508. The summed E-state index contributed by atoms with van der Waals surface area (Å²) in [7, 11) is 0. The number of aromatic nitrogens is 1. The number of hydrogen-bond acceptors (Lipinski definition) is 4. The Balaban J connectivity index is 1.82. The van der Waals surface area contributed by atoms with Crippen molar-refractivity contribution >= 4 is 38.0 Å². The van der Waals surface area contributed by atoms with E-state index in [4.69, 9.17) is 4.74 Å². The number of halogens is 2. The molecule has 0 aliphatic carbocycles. The molecule has 1 N–H and O–H groups in total. The van der Waals surface area contributed by atoms with Crippen molar-refractivity contribution in [2.45, 2.75) is 45.4 Å². The first-order chi connectivity index (χ1) is 10.2. The average Bonchev–Trinajstić information content (AvgIpc) is 2.84. The van der Waals surface area contributed by atoms with Gasteiger partial charge in [-0.2, -0.15) is 0 Å². The molecule has 2 heterocycles. The zero-order valence-corrected chi connectivity index (χ0v) is 16.2. The molecule has 0 radical (unpaired) electrons. The van der Waals surface area contributed by atoms with Gasteiger partial charge in [-0.1, -0.05) is 0 Å². The van der Waals surface area contributed by atoms with Gasteiger partial charge in [-0.25, -0.2) is 4.79 Å². The maximum atomic E-state index is 12.0. The van der Waals surface area contributed by atoms with E-state index < -0.39 is 5.60 Å². The Bertz CT molecular complexity index is 546. The van der Waals surface area contributed by atoms with Crippen LogP contribution in [0.4, 0.5) is 4.79 Å². The van der Waals surface area contributed by atoms with E-state index in [2.05, 4.69) is 42.2 Å². The fraction of sp³-hybridized carbons (Fsp3) is 0.600. The van der Waals surface area contributed by atoms with E-state index in [1.807, 2.05) is 26.8 Å². The predicted octanol–water partition coefficient (Wildman–Crippen LogP) is 3.71. The predicted molar refractivity (Wildman–Crippen MR) is 92.7 cm³/mol. The number of carbonyl (C=O) groups excluding carboxylic acids is 1. The summed E-state index contributed by atoms with van der Waals surface area (Å²) in [5.74, 6) is 0. The van der Waals surface area contributed by atoms with Crippen molar-refractivity contribution in [3.8, 4) is 0 Å². The van der Waals surface area contributed by atoms with E-state index in [1.165, 1.54) is 0 Å². The Morgan fingerprint density at radius 1 is 1.50 bits per heavy atom. The molecule has 1 aliphatic heterocycles. The van der Waals surface area contributed by atoms with Gasteiger partial charge in [0.15, 0.2) is 0 Å². The minimum Gasteiger partial charge on any atom is -0.444 e. The van der Waals surface area contributed by atoms with Gasteiger partial charge in [0.1, 0.15) is 5.60 Å². The van der Waals surface area contributed by atoms with Crippen molar-refractivity contribution < 1.29 is 9.53 Å². The summed E-state index contributed by atoms with van der Waals surface area (Å²) in [6.07, 6.45) is 2.47. The van der Waals surface area contributed by atoms with Crippen LogP contribution in [0.3, 0.4) is 0 Å². The molecule has 1 unspecified atom stereocenters. The minimum absolute atomic E-state index is 0.236. The fourth-order valence-electron chi connectivity index (χ4n) is 2.23. The first kappa shape index (κ1) is 17.7. The van der Waals surface area contributed by atoms with Crippen molar-refractivity contribution in [2.24, 2.45) is 0 Å². The molecule has 0 saturated carbocycles. The van der Waals surface area contributed by atoms with Crippen LogP contribution in [0, 0.1) is 0 Å². The summed E-state index contributed by atoms with van der Waals surface area (Å²) < 4.78 is 7.31. The molecule has 1 aromatic heterocycles. The van der Waals surface area contributed by atoms with Crippen LogP contribution in [0.1, 0.15) is 32.9 Å². The Hall–Kier alpha value is -0.660. The van der Waals surface area contributed by atoms with E-state index in [-0.39, 0.29) is 12.1 Å². The molecule has 0 bridgehead atoms. The molecule has 1 atom stereocenters. The first-order valence-electron chi connectivity index (χ1n) is 7.26. The number of ether oxygens (including phenoxy) is 1. The average molecular weight is 435 g/mol. The Labute approximate surface area is 148 Å². The van der Waals surface area contributed by atoms with Crippen molar-refractivity contribution in [2.75, 3.05) is 13.1 Å². The van der Waals surface area contributed by atoms with Gasteiger partial charge < -0.3 is 15.0 Å². The third-order valence-electron chi connectivity index (χ3n) is 3.28.